The molecule has 19 heavy (non-hydrogen) atoms. The summed E-state index contributed by atoms with van der Waals surface area (Å²) in [6.07, 6.45) is -1.86. The number of hydrogen-bond donors (Lipinski definition) is 1. The van der Waals surface area contributed by atoms with E-state index in [1.807, 2.05) is 30.3 Å². The van der Waals surface area contributed by atoms with Gasteiger partial charge in [0, 0.05) is 12.5 Å². The van der Waals surface area contributed by atoms with Crippen LogP contribution in [0.5, 0.6) is 0 Å². The number of aliphatic hydroxyl groups is 1. The van der Waals surface area contributed by atoms with Crippen LogP contribution in [0.2, 0.25) is 0 Å². The van der Waals surface area contributed by atoms with Crippen LogP contribution < -0.4 is 0 Å². The number of amides is 1. The molecule has 1 aromatic rings. The minimum Gasteiger partial charge on any atom is -0.395 e. The van der Waals surface area contributed by atoms with Crippen molar-refractivity contribution in [2.45, 2.75) is 18.8 Å². The Hall–Kier alpha value is -1.49. The van der Waals surface area contributed by atoms with Gasteiger partial charge in [0.2, 0.25) is 5.91 Å². The van der Waals surface area contributed by atoms with E-state index in [4.69, 9.17) is 5.11 Å². The molecule has 1 aliphatic rings. The molecular formula is C14H17F2NO2. The Morgan fingerprint density at radius 2 is 2.05 bits per heavy atom. The van der Waals surface area contributed by atoms with Crippen molar-refractivity contribution in [1.82, 2.24) is 4.90 Å². The number of hydrogen-bond acceptors (Lipinski definition) is 2. The van der Waals surface area contributed by atoms with Gasteiger partial charge in [-0.3, -0.25) is 4.79 Å². The molecule has 2 rings (SSSR count). The first-order valence-electron chi connectivity index (χ1n) is 6.36. The summed E-state index contributed by atoms with van der Waals surface area (Å²) in [4.78, 5) is 13.2. The van der Waals surface area contributed by atoms with Crippen molar-refractivity contribution in [3.8, 4) is 0 Å². The van der Waals surface area contributed by atoms with Crippen LogP contribution in [0, 0.1) is 5.92 Å². The molecule has 0 bridgehead atoms. The van der Waals surface area contributed by atoms with Crippen LogP contribution in [0.15, 0.2) is 30.3 Å². The number of halogens is 2. The molecule has 1 aliphatic carbocycles. The molecule has 1 fully saturated rings. The van der Waals surface area contributed by atoms with Crippen molar-refractivity contribution in [2.24, 2.45) is 5.92 Å². The lowest BCUT2D eigenvalue weighted by Gasteiger charge is -2.21. The van der Waals surface area contributed by atoms with Crippen LogP contribution in [0.3, 0.4) is 0 Å². The minimum absolute atomic E-state index is 0.0266. The number of rotatable bonds is 6. The van der Waals surface area contributed by atoms with Gasteiger partial charge < -0.3 is 10.0 Å². The third-order valence-electron chi connectivity index (χ3n) is 3.38. The van der Waals surface area contributed by atoms with E-state index in [2.05, 4.69) is 0 Å². The lowest BCUT2D eigenvalue weighted by Crippen LogP contribution is -2.38. The highest BCUT2D eigenvalue weighted by molar-refractivity contribution is 5.83. The van der Waals surface area contributed by atoms with Crippen LogP contribution >= 0.6 is 0 Å². The van der Waals surface area contributed by atoms with Gasteiger partial charge in [-0.15, -0.1) is 0 Å². The molecular weight excluding hydrogens is 252 g/mol. The molecule has 2 atom stereocenters. The summed E-state index contributed by atoms with van der Waals surface area (Å²) in [6.45, 7) is -0.917. The van der Waals surface area contributed by atoms with Gasteiger partial charge in [-0.05, 0) is 17.9 Å². The Balaban J connectivity index is 1.97. The van der Waals surface area contributed by atoms with E-state index in [0.717, 1.165) is 10.5 Å². The summed E-state index contributed by atoms with van der Waals surface area (Å²) in [5, 5.41) is 8.84. The van der Waals surface area contributed by atoms with E-state index in [1.54, 1.807) is 0 Å². The van der Waals surface area contributed by atoms with Crippen molar-refractivity contribution in [1.29, 1.82) is 0 Å². The maximum atomic E-state index is 12.4. The normalized spacial score (nSPS) is 21.5. The van der Waals surface area contributed by atoms with Crippen LogP contribution in [0.4, 0.5) is 8.78 Å². The van der Waals surface area contributed by atoms with Crippen molar-refractivity contribution in [3.63, 3.8) is 0 Å². The lowest BCUT2D eigenvalue weighted by atomic mass is 10.1. The second-order valence-corrected chi connectivity index (χ2v) is 4.76. The number of benzene rings is 1. The number of alkyl halides is 2. The van der Waals surface area contributed by atoms with Crippen LogP contribution in [-0.4, -0.2) is 42.0 Å². The Kier molecular flexibility index (Phi) is 4.47. The van der Waals surface area contributed by atoms with Gasteiger partial charge in [-0.1, -0.05) is 30.3 Å². The summed E-state index contributed by atoms with van der Waals surface area (Å²) in [5.41, 5.74) is 1.07. The highest BCUT2D eigenvalue weighted by atomic mass is 19.3. The first kappa shape index (κ1) is 13.9. The first-order chi connectivity index (χ1) is 9.13. The fourth-order valence-corrected chi connectivity index (χ4v) is 2.35. The van der Waals surface area contributed by atoms with Crippen LogP contribution in [0.1, 0.15) is 17.9 Å². The second-order valence-electron chi connectivity index (χ2n) is 4.76. The Bertz CT molecular complexity index is 425. The average Bonchev–Trinajstić information content (AvgIpc) is 3.18. The highest BCUT2D eigenvalue weighted by Gasteiger charge is 2.45. The zero-order valence-corrected chi connectivity index (χ0v) is 10.5. The fraction of sp³-hybridized carbons (Fsp3) is 0.500. The SMILES string of the molecule is O=C(C1CC1c1ccccc1)N(CCO)CC(F)F. The van der Waals surface area contributed by atoms with Gasteiger partial charge in [-0.2, -0.15) is 0 Å². The molecule has 104 valence electrons. The van der Waals surface area contributed by atoms with Gasteiger partial charge in [0.1, 0.15) is 0 Å². The lowest BCUT2D eigenvalue weighted by molar-refractivity contribution is -0.135. The number of nitrogens with zero attached hydrogens (tertiary/aromatic N) is 1. The van der Waals surface area contributed by atoms with Gasteiger partial charge in [0.05, 0.1) is 13.2 Å². The summed E-state index contributed by atoms with van der Waals surface area (Å²) in [7, 11) is 0. The molecule has 3 nitrogen and oxygen atoms in total. The monoisotopic (exact) mass is 269 g/mol. The van der Waals surface area contributed by atoms with Crippen molar-refractivity contribution < 1.29 is 18.7 Å². The summed E-state index contributed by atoms with van der Waals surface area (Å²) >= 11 is 0. The summed E-state index contributed by atoms with van der Waals surface area (Å²) in [5.74, 6) is -0.358. The van der Waals surface area contributed by atoms with Gasteiger partial charge in [0.15, 0.2) is 0 Å². The van der Waals surface area contributed by atoms with Gasteiger partial charge in [-0.25, -0.2) is 8.78 Å². The molecule has 1 saturated carbocycles. The molecule has 1 N–H and O–H groups in total. The Morgan fingerprint density at radius 1 is 1.37 bits per heavy atom. The maximum Gasteiger partial charge on any atom is 0.255 e. The zero-order valence-electron chi connectivity index (χ0n) is 10.5. The fourth-order valence-electron chi connectivity index (χ4n) is 2.35. The molecule has 0 aliphatic heterocycles. The van der Waals surface area contributed by atoms with Crippen LogP contribution in [0.25, 0.3) is 0 Å². The van der Waals surface area contributed by atoms with Crippen molar-refractivity contribution in [3.05, 3.63) is 35.9 Å². The summed E-state index contributed by atoms with van der Waals surface area (Å²) in [6, 6.07) is 9.60. The molecule has 0 spiro atoms. The molecule has 2 unspecified atom stereocenters. The zero-order chi connectivity index (χ0) is 13.8. The molecule has 0 aromatic heterocycles. The summed E-state index contributed by atoms with van der Waals surface area (Å²) < 4.78 is 24.8. The molecule has 0 heterocycles. The molecule has 0 radical (unpaired) electrons. The van der Waals surface area contributed by atoms with Crippen molar-refractivity contribution in [2.75, 3.05) is 19.7 Å². The van der Waals surface area contributed by atoms with Crippen molar-refractivity contribution >= 4 is 5.91 Å². The largest absolute Gasteiger partial charge is 0.395 e. The predicted molar refractivity (Wildman–Crippen MR) is 67.0 cm³/mol. The van der Waals surface area contributed by atoms with E-state index in [-0.39, 0.29) is 30.9 Å². The topological polar surface area (TPSA) is 40.5 Å². The first-order valence-corrected chi connectivity index (χ1v) is 6.36. The van der Waals surface area contributed by atoms with Crippen LogP contribution in [-0.2, 0) is 4.79 Å². The van der Waals surface area contributed by atoms with E-state index in [9.17, 15) is 13.6 Å². The van der Waals surface area contributed by atoms with Gasteiger partial charge in [0.25, 0.3) is 6.43 Å². The number of carbonyl (C=O) groups excluding carboxylic acids is 1. The van der Waals surface area contributed by atoms with E-state index in [0.29, 0.717) is 6.42 Å². The van der Waals surface area contributed by atoms with E-state index in [1.165, 1.54) is 0 Å². The van der Waals surface area contributed by atoms with E-state index < -0.39 is 13.0 Å². The number of aliphatic hydroxyl groups excluding tert-OH is 1. The molecule has 1 aromatic carbocycles. The standard InChI is InChI=1S/C14H17F2NO2/c15-13(16)9-17(6-7-18)14(19)12-8-11(12)10-4-2-1-3-5-10/h1-5,11-13,18H,6-9H2. The smallest absolute Gasteiger partial charge is 0.255 e. The molecule has 5 heteroatoms. The predicted octanol–water partition coefficient (Wildman–Crippen LogP) is 1.88. The highest BCUT2D eigenvalue weighted by Crippen LogP contribution is 2.48. The molecule has 1 amide bonds. The Labute approximate surface area is 110 Å². The molecule has 0 saturated heterocycles. The number of carbonyl (C=O) groups is 1. The third-order valence-corrected chi connectivity index (χ3v) is 3.38. The Morgan fingerprint density at radius 3 is 2.63 bits per heavy atom. The third kappa shape index (κ3) is 3.50. The minimum atomic E-state index is -2.57. The maximum absolute atomic E-state index is 12.4. The van der Waals surface area contributed by atoms with E-state index >= 15 is 0 Å². The van der Waals surface area contributed by atoms with Gasteiger partial charge >= 0.3 is 0 Å². The second kappa shape index (κ2) is 6.10. The average molecular weight is 269 g/mol. The quantitative estimate of drug-likeness (QED) is 0.856.